The number of benzene rings is 1. The van der Waals surface area contributed by atoms with Gasteiger partial charge in [-0.3, -0.25) is 4.79 Å². The zero-order valence-electron chi connectivity index (χ0n) is 8.96. The van der Waals surface area contributed by atoms with E-state index in [0.717, 1.165) is 0 Å². The van der Waals surface area contributed by atoms with E-state index in [1.54, 1.807) is 30.3 Å². The normalized spacial score (nSPS) is 10.6. The van der Waals surface area contributed by atoms with Crippen LogP contribution in [0.2, 0.25) is 0 Å². The molecule has 0 unspecified atom stereocenters. The number of phenols is 1. The van der Waals surface area contributed by atoms with Crippen molar-refractivity contribution >= 4 is 17.7 Å². The van der Waals surface area contributed by atoms with Gasteiger partial charge < -0.3 is 14.8 Å². The molecule has 1 aromatic carbocycles. The van der Waals surface area contributed by atoms with Crippen LogP contribution in [0.1, 0.15) is 5.76 Å². The van der Waals surface area contributed by atoms with Gasteiger partial charge in [0.15, 0.2) is 0 Å². The van der Waals surface area contributed by atoms with Crippen LogP contribution < -0.4 is 5.32 Å². The smallest absolute Gasteiger partial charge is 0.248 e. The number of furan rings is 1. The van der Waals surface area contributed by atoms with Crippen molar-refractivity contribution in [3.63, 3.8) is 0 Å². The van der Waals surface area contributed by atoms with Crippen molar-refractivity contribution in [2.75, 3.05) is 5.32 Å². The predicted molar refractivity (Wildman–Crippen MR) is 64.5 cm³/mol. The van der Waals surface area contributed by atoms with Crippen LogP contribution in [-0.4, -0.2) is 11.0 Å². The number of carbonyl (C=O) groups is 1. The Labute approximate surface area is 98.2 Å². The highest BCUT2D eigenvalue weighted by Crippen LogP contribution is 2.15. The molecule has 2 aromatic rings. The van der Waals surface area contributed by atoms with Crippen molar-refractivity contribution in [3.05, 3.63) is 54.5 Å². The fourth-order valence-corrected chi connectivity index (χ4v) is 1.31. The number of rotatable bonds is 3. The predicted octanol–water partition coefficient (Wildman–Crippen LogP) is 2.64. The molecule has 4 nitrogen and oxygen atoms in total. The number of anilines is 1. The van der Waals surface area contributed by atoms with Crippen molar-refractivity contribution in [3.8, 4) is 5.75 Å². The second-order valence-electron chi connectivity index (χ2n) is 3.39. The Morgan fingerprint density at radius 3 is 2.88 bits per heavy atom. The maximum Gasteiger partial charge on any atom is 0.248 e. The van der Waals surface area contributed by atoms with Crippen LogP contribution in [0.15, 0.2) is 53.2 Å². The molecule has 1 heterocycles. The molecule has 0 radical (unpaired) electrons. The average Bonchev–Trinajstić information content (AvgIpc) is 2.79. The van der Waals surface area contributed by atoms with Gasteiger partial charge in [0.25, 0.3) is 0 Å². The highest BCUT2D eigenvalue weighted by molar-refractivity contribution is 6.01. The lowest BCUT2D eigenvalue weighted by atomic mass is 10.3. The minimum Gasteiger partial charge on any atom is -0.508 e. The second kappa shape index (κ2) is 5.03. The summed E-state index contributed by atoms with van der Waals surface area (Å²) in [5.74, 6) is 0.431. The summed E-state index contributed by atoms with van der Waals surface area (Å²) >= 11 is 0. The number of hydrogen-bond acceptors (Lipinski definition) is 3. The van der Waals surface area contributed by atoms with E-state index in [9.17, 15) is 9.90 Å². The van der Waals surface area contributed by atoms with E-state index in [1.807, 2.05) is 0 Å². The van der Waals surface area contributed by atoms with Crippen LogP contribution in [0.5, 0.6) is 5.75 Å². The molecular formula is C13H11NO3. The number of hydrogen-bond donors (Lipinski definition) is 2. The number of aromatic hydroxyl groups is 1. The maximum atomic E-state index is 11.5. The SMILES string of the molecule is O=C(/C=C/c1ccco1)Nc1cccc(O)c1. The Bertz CT molecular complexity index is 529. The van der Waals surface area contributed by atoms with Crippen LogP contribution >= 0.6 is 0 Å². The molecule has 0 saturated heterocycles. The summed E-state index contributed by atoms with van der Waals surface area (Å²) in [6.45, 7) is 0. The first-order valence-electron chi connectivity index (χ1n) is 5.05. The molecule has 2 N–H and O–H groups in total. The van der Waals surface area contributed by atoms with Gasteiger partial charge in [0.05, 0.1) is 6.26 Å². The number of nitrogens with one attached hydrogen (secondary N) is 1. The summed E-state index contributed by atoms with van der Waals surface area (Å²) in [4.78, 5) is 11.5. The summed E-state index contributed by atoms with van der Waals surface area (Å²) in [5.41, 5.74) is 0.541. The maximum absolute atomic E-state index is 11.5. The van der Waals surface area contributed by atoms with Crippen molar-refractivity contribution in [1.29, 1.82) is 0 Å². The molecule has 0 fully saturated rings. The first-order chi connectivity index (χ1) is 8.24. The van der Waals surface area contributed by atoms with E-state index in [-0.39, 0.29) is 11.7 Å². The van der Waals surface area contributed by atoms with Gasteiger partial charge in [-0.05, 0) is 30.3 Å². The fraction of sp³-hybridized carbons (Fsp3) is 0. The Kier molecular flexibility index (Phi) is 3.25. The van der Waals surface area contributed by atoms with Gasteiger partial charge in [-0.15, -0.1) is 0 Å². The molecule has 0 spiro atoms. The van der Waals surface area contributed by atoms with Gasteiger partial charge in [-0.2, -0.15) is 0 Å². The van der Waals surface area contributed by atoms with Gasteiger partial charge in [0.2, 0.25) is 5.91 Å². The molecule has 0 aliphatic carbocycles. The summed E-state index contributed by atoms with van der Waals surface area (Å²) in [6.07, 6.45) is 4.47. The quantitative estimate of drug-likeness (QED) is 0.795. The fourth-order valence-electron chi connectivity index (χ4n) is 1.31. The number of carbonyl (C=O) groups excluding carboxylic acids is 1. The van der Waals surface area contributed by atoms with Crippen molar-refractivity contribution in [2.45, 2.75) is 0 Å². The van der Waals surface area contributed by atoms with Crippen LogP contribution in [-0.2, 0) is 4.79 Å². The highest BCUT2D eigenvalue weighted by atomic mass is 16.3. The Balaban J connectivity index is 1.98. The van der Waals surface area contributed by atoms with Crippen molar-refractivity contribution in [1.82, 2.24) is 0 Å². The van der Waals surface area contributed by atoms with Crippen LogP contribution in [0.4, 0.5) is 5.69 Å². The molecule has 1 aromatic heterocycles. The standard InChI is InChI=1S/C13H11NO3/c15-11-4-1-3-10(9-11)14-13(16)7-6-12-5-2-8-17-12/h1-9,15H,(H,14,16)/b7-6+. The average molecular weight is 229 g/mol. The minimum atomic E-state index is -0.285. The lowest BCUT2D eigenvalue weighted by molar-refractivity contribution is -0.111. The molecule has 4 heteroatoms. The van der Waals surface area contributed by atoms with E-state index in [2.05, 4.69) is 5.32 Å². The highest BCUT2D eigenvalue weighted by Gasteiger charge is 1.98. The summed E-state index contributed by atoms with van der Waals surface area (Å²) in [7, 11) is 0. The van der Waals surface area contributed by atoms with Gasteiger partial charge in [0, 0.05) is 17.8 Å². The van der Waals surface area contributed by atoms with E-state index in [1.165, 1.54) is 24.5 Å². The molecule has 0 aliphatic rings. The van der Waals surface area contributed by atoms with E-state index in [0.29, 0.717) is 11.4 Å². The Hall–Kier alpha value is -2.49. The van der Waals surface area contributed by atoms with Crippen molar-refractivity contribution in [2.24, 2.45) is 0 Å². The van der Waals surface area contributed by atoms with Gasteiger partial charge in [-0.25, -0.2) is 0 Å². The summed E-state index contributed by atoms with van der Waals surface area (Å²) in [5, 5.41) is 11.8. The van der Waals surface area contributed by atoms with E-state index >= 15 is 0 Å². The number of phenolic OH excluding ortho intramolecular Hbond substituents is 1. The number of amides is 1. The monoisotopic (exact) mass is 229 g/mol. The third kappa shape index (κ3) is 3.24. The molecule has 0 atom stereocenters. The van der Waals surface area contributed by atoms with Gasteiger partial charge in [0.1, 0.15) is 11.5 Å². The molecule has 1 amide bonds. The zero-order chi connectivity index (χ0) is 12.1. The van der Waals surface area contributed by atoms with Crippen molar-refractivity contribution < 1.29 is 14.3 Å². The minimum absolute atomic E-state index is 0.109. The summed E-state index contributed by atoms with van der Waals surface area (Å²) in [6, 6.07) is 9.84. The molecule has 2 rings (SSSR count). The molecule has 0 saturated carbocycles. The Morgan fingerprint density at radius 2 is 2.18 bits per heavy atom. The molecule has 0 aliphatic heterocycles. The molecule has 86 valence electrons. The van der Waals surface area contributed by atoms with E-state index in [4.69, 9.17) is 4.42 Å². The van der Waals surface area contributed by atoms with Crippen LogP contribution in [0.3, 0.4) is 0 Å². The van der Waals surface area contributed by atoms with Gasteiger partial charge >= 0.3 is 0 Å². The third-order valence-electron chi connectivity index (χ3n) is 2.06. The third-order valence-corrected chi connectivity index (χ3v) is 2.06. The van der Waals surface area contributed by atoms with E-state index < -0.39 is 0 Å². The second-order valence-corrected chi connectivity index (χ2v) is 3.39. The van der Waals surface area contributed by atoms with Crippen LogP contribution in [0.25, 0.3) is 6.08 Å². The van der Waals surface area contributed by atoms with Crippen LogP contribution in [0, 0.1) is 0 Å². The zero-order valence-corrected chi connectivity index (χ0v) is 8.96. The Morgan fingerprint density at radius 1 is 1.29 bits per heavy atom. The lowest BCUT2D eigenvalue weighted by Gasteiger charge is -2.01. The molecule has 17 heavy (non-hydrogen) atoms. The largest absolute Gasteiger partial charge is 0.508 e. The first kappa shape index (κ1) is 11.0. The van der Waals surface area contributed by atoms with Gasteiger partial charge in [-0.1, -0.05) is 6.07 Å². The summed E-state index contributed by atoms with van der Waals surface area (Å²) < 4.78 is 5.05. The topological polar surface area (TPSA) is 62.5 Å². The molecule has 0 bridgehead atoms. The molecular weight excluding hydrogens is 218 g/mol. The first-order valence-corrected chi connectivity index (χ1v) is 5.05. The lowest BCUT2D eigenvalue weighted by Crippen LogP contribution is -2.07.